The van der Waals surface area contributed by atoms with Crippen LogP contribution >= 0.6 is 0 Å². The Labute approximate surface area is 80.1 Å². The molecule has 0 aliphatic carbocycles. The molecule has 0 saturated heterocycles. The molecule has 0 spiro atoms. The Bertz CT molecular complexity index is 376. The predicted octanol–water partition coefficient (Wildman–Crippen LogP) is 1.46. The second-order valence-electron chi connectivity index (χ2n) is 3.27. The highest BCUT2D eigenvalue weighted by Gasteiger charge is 2.27. The van der Waals surface area contributed by atoms with Crippen LogP contribution in [0, 0.1) is 11.7 Å². The zero-order valence-corrected chi connectivity index (χ0v) is 7.37. The SMILES string of the molecule is O=C(O)[C@@H]1COc2cccc(F)c2C1. The molecule has 1 aliphatic heterocycles. The monoisotopic (exact) mass is 196 g/mol. The van der Waals surface area contributed by atoms with Gasteiger partial charge in [-0.3, -0.25) is 4.79 Å². The van der Waals surface area contributed by atoms with Gasteiger partial charge in [-0.15, -0.1) is 0 Å². The van der Waals surface area contributed by atoms with Gasteiger partial charge in [-0.05, 0) is 18.6 Å². The second kappa shape index (κ2) is 3.29. The smallest absolute Gasteiger partial charge is 0.310 e. The lowest BCUT2D eigenvalue weighted by Gasteiger charge is -2.22. The van der Waals surface area contributed by atoms with Crippen molar-refractivity contribution in [3.8, 4) is 5.75 Å². The average molecular weight is 196 g/mol. The third-order valence-corrected chi connectivity index (χ3v) is 2.32. The molecule has 1 aliphatic rings. The van der Waals surface area contributed by atoms with Gasteiger partial charge >= 0.3 is 5.97 Å². The minimum Gasteiger partial charge on any atom is -0.492 e. The summed E-state index contributed by atoms with van der Waals surface area (Å²) in [4.78, 5) is 10.7. The molecule has 2 rings (SSSR count). The largest absolute Gasteiger partial charge is 0.492 e. The first-order chi connectivity index (χ1) is 6.68. The molecule has 0 unspecified atom stereocenters. The summed E-state index contributed by atoms with van der Waals surface area (Å²) >= 11 is 0. The zero-order valence-electron chi connectivity index (χ0n) is 7.37. The van der Waals surface area contributed by atoms with Crippen LogP contribution in [0.4, 0.5) is 4.39 Å². The van der Waals surface area contributed by atoms with Crippen molar-refractivity contribution in [1.82, 2.24) is 0 Å². The van der Waals surface area contributed by atoms with E-state index in [0.29, 0.717) is 11.3 Å². The van der Waals surface area contributed by atoms with Crippen LogP contribution < -0.4 is 4.74 Å². The van der Waals surface area contributed by atoms with E-state index in [9.17, 15) is 9.18 Å². The van der Waals surface area contributed by atoms with Gasteiger partial charge in [0.15, 0.2) is 0 Å². The molecular weight excluding hydrogens is 187 g/mol. The summed E-state index contributed by atoms with van der Waals surface area (Å²) in [6, 6.07) is 4.51. The fourth-order valence-corrected chi connectivity index (χ4v) is 1.53. The lowest BCUT2D eigenvalue weighted by atomic mass is 9.96. The summed E-state index contributed by atoms with van der Waals surface area (Å²) in [6.45, 7) is 0.117. The molecule has 3 nitrogen and oxygen atoms in total. The molecule has 1 heterocycles. The highest BCUT2D eigenvalue weighted by molar-refractivity contribution is 5.71. The summed E-state index contributed by atoms with van der Waals surface area (Å²) in [6.07, 6.45) is 0.206. The van der Waals surface area contributed by atoms with Gasteiger partial charge in [0.25, 0.3) is 0 Å². The van der Waals surface area contributed by atoms with Crippen molar-refractivity contribution in [3.63, 3.8) is 0 Å². The quantitative estimate of drug-likeness (QED) is 0.739. The number of ether oxygens (including phenoxy) is 1. The number of fused-ring (bicyclic) bond motifs is 1. The Balaban J connectivity index is 2.33. The number of halogens is 1. The van der Waals surface area contributed by atoms with E-state index in [2.05, 4.69) is 0 Å². The Kier molecular flexibility index (Phi) is 2.11. The van der Waals surface area contributed by atoms with E-state index in [-0.39, 0.29) is 13.0 Å². The van der Waals surface area contributed by atoms with Crippen LogP contribution in [-0.4, -0.2) is 17.7 Å². The maximum atomic E-state index is 13.2. The van der Waals surface area contributed by atoms with Gasteiger partial charge in [-0.2, -0.15) is 0 Å². The number of hydrogen-bond acceptors (Lipinski definition) is 2. The van der Waals surface area contributed by atoms with E-state index >= 15 is 0 Å². The number of rotatable bonds is 1. The molecule has 0 aromatic heterocycles. The van der Waals surface area contributed by atoms with Gasteiger partial charge in [0.05, 0.1) is 5.92 Å². The van der Waals surface area contributed by atoms with E-state index in [1.807, 2.05) is 0 Å². The third-order valence-electron chi connectivity index (χ3n) is 2.32. The molecule has 4 heteroatoms. The van der Waals surface area contributed by atoms with Crippen molar-refractivity contribution in [1.29, 1.82) is 0 Å². The summed E-state index contributed by atoms with van der Waals surface area (Å²) in [5.41, 5.74) is 0.367. The number of benzene rings is 1. The van der Waals surface area contributed by atoms with Gasteiger partial charge in [-0.25, -0.2) is 4.39 Å². The van der Waals surface area contributed by atoms with Crippen molar-refractivity contribution < 1.29 is 19.0 Å². The average Bonchev–Trinajstić information content (AvgIpc) is 2.18. The molecule has 0 radical (unpaired) electrons. The third kappa shape index (κ3) is 1.43. The molecule has 1 aromatic rings. The minimum atomic E-state index is -0.945. The molecule has 0 bridgehead atoms. The standard InChI is InChI=1S/C10H9FO3/c11-8-2-1-3-9-7(8)4-6(5-14-9)10(12)13/h1-3,6H,4-5H2,(H,12,13)/t6-/m0/s1. The highest BCUT2D eigenvalue weighted by atomic mass is 19.1. The fourth-order valence-electron chi connectivity index (χ4n) is 1.53. The number of carboxylic acids is 1. The molecule has 0 amide bonds. The van der Waals surface area contributed by atoms with Crippen molar-refractivity contribution in [3.05, 3.63) is 29.6 Å². The summed E-state index contributed by atoms with van der Waals surface area (Å²) < 4.78 is 18.4. The van der Waals surface area contributed by atoms with Gasteiger partial charge in [-0.1, -0.05) is 6.07 Å². The maximum absolute atomic E-state index is 13.2. The van der Waals surface area contributed by atoms with Gasteiger partial charge in [0.1, 0.15) is 18.2 Å². The molecule has 1 aromatic carbocycles. The molecule has 0 saturated carbocycles. The molecule has 1 N–H and O–H groups in total. The Hall–Kier alpha value is -1.58. The van der Waals surface area contributed by atoms with Crippen molar-refractivity contribution >= 4 is 5.97 Å². The molecule has 14 heavy (non-hydrogen) atoms. The predicted molar refractivity (Wildman–Crippen MR) is 46.7 cm³/mol. The fraction of sp³-hybridized carbons (Fsp3) is 0.300. The van der Waals surface area contributed by atoms with Gasteiger partial charge in [0.2, 0.25) is 0 Å². The van der Waals surface area contributed by atoms with Crippen molar-refractivity contribution in [2.75, 3.05) is 6.61 Å². The number of aliphatic carboxylic acids is 1. The second-order valence-corrected chi connectivity index (χ2v) is 3.27. The number of carbonyl (C=O) groups is 1. The first-order valence-corrected chi connectivity index (χ1v) is 4.31. The van der Waals surface area contributed by atoms with Crippen LogP contribution in [0.3, 0.4) is 0 Å². The van der Waals surface area contributed by atoms with E-state index in [0.717, 1.165) is 0 Å². The first-order valence-electron chi connectivity index (χ1n) is 4.31. The Morgan fingerprint density at radius 2 is 2.36 bits per heavy atom. The van der Waals surface area contributed by atoms with E-state index < -0.39 is 17.7 Å². The van der Waals surface area contributed by atoms with Crippen LogP contribution in [0.25, 0.3) is 0 Å². The molecule has 0 fully saturated rings. The Morgan fingerprint density at radius 1 is 1.57 bits per heavy atom. The van der Waals surface area contributed by atoms with Crippen LogP contribution in [0.15, 0.2) is 18.2 Å². The van der Waals surface area contributed by atoms with Crippen molar-refractivity contribution in [2.45, 2.75) is 6.42 Å². The van der Waals surface area contributed by atoms with Gasteiger partial charge < -0.3 is 9.84 Å². The lowest BCUT2D eigenvalue weighted by molar-refractivity contribution is -0.143. The van der Waals surface area contributed by atoms with Gasteiger partial charge in [0, 0.05) is 5.56 Å². The Morgan fingerprint density at radius 3 is 3.07 bits per heavy atom. The van der Waals surface area contributed by atoms with Crippen LogP contribution in [-0.2, 0) is 11.2 Å². The molecule has 1 atom stereocenters. The maximum Gasteiger partial charge on any atom is 0.310 e. The number of hydrogen-bond donors (Lipinski definition) is 1. The summed E-state index contributed by atoms with van der Waals surface area (Å²) in [5.74, 6) is -1.52. The topological polar surface area (TPSA) is 46.5 Å². The van der Waals surface area contributed by atoms with Crippen LogP contribution in [0.1, 0.15) is 5.56 Å². The van der Waals surface area contributed by atoms with E-state index in [4.69, 9.17) is 9.84 Å². The normalized spacial score (nSPS) is 19.6. The van der Waals surface area contributed by atoms with Crippen LogP contribution in [0.2, 0.25) is 0 Å². The molecule has 74 valence electrons. The van der Waals surface area contributed by atoms with Crippen molar-refractivity contribution in [2.24, 2.45) is 5.92 Å². The zero-order chi connectivity index (χ0) is 10.1. The number of carboxylic acid groups (broad SMARTS) is 1. The minimum absolute atomic E-state index is 0.117. The summed E-state index contributed by atoms with van der Waals surface area (Å²) in [5, 5.41) is 8.75. The van der Waals surface area contributed by atoms with E-state index in [1.54, 1.807) is 12.1 Å². The molecular formula is C10H9FO3. The first kappa shape index (κ1) is 8.99. The van der Waals surface area contributed by atoms with E-state index in [1.165, 1.54) is 6.07 Å². The summed E-state index contributed by atoms with van der Waals surface area (Å²) in [7, 11) is 0. The highest BCUT2D eigenvalue weighted by Crippen LogP contribution is 2.29. The lowest BCUT2D eigenvalue weighted by Crippen LogP contribution is -2.28. The van der Waals surface area contributed by atoms with Crippen LogP contribution in [0.5, 0.6) is 5.75 Å².